The Balaban J connectivity index is 1.93. The summed E-state index contributed by atoms with van der Waals surface area (Å²) in [6.45, 7) is 3.35. The van der Waals surface area contributed by atoms with Gasteiger partial charge in [0.1, 0.15) is 5.75 Å². The van der Waals surface area contributed by atoms with Crippen molar-refractivity contribution in [2.45, 2.75) is 38.6 Å². The van der Waals surface area contributed by atoms with Gasteiger partial charge in [-0.2, -0.15) is 0 Å². The molecule has 1 heterocycles. The van der Waals surface area contributed by atoms with Gasteiger partial charge < -0.3 is 10.4 Å². The van der Waals surface area contributed by atoms with Gasteiger partial charge in [-0.25, -0.2) is 0 Å². The molecule has 1 aromatic rings. The van der Waals surface area contributed by atoms with Crippen LogP contribution in [0.4, 0.5) is 0 Å². The topological polar surface area (TPSA) is 32.3 Å². The van der Waals surface area contributed by atoms with Crippen molar-refractivity contribution < 1.29 is 5.11 Å². The van der Waals surface area contributed by atoms with Crippen molar-refractivity contribution in [2.75, 3.05) is 6.54 Å². The highest BCUT2D eigenvalue weighted by atomic mass is 16.3. The Morgan fingerprint density at radius 2 is 2.12 bits per heavy atom. The molecule has 2 heteroatoms. The van der Waals surface area contributed by atoms with E-state index in [9.17, 15) is 5.11 Å². The zero-order valence-corrected chi connectivity index (χ0v) is 10.4. The van der Waals surface area contributed by atoms with Crippen molar-refractivity contribution in [3.63, 3.8) is 0 Å². The molecule has 1 saturated heterocycles. The molecule has 92 valence electrons. The second kappa shape index (κ2) is 5.87. The molecule has 0 amide bonds. The first-order valence-electron chi connectivity index (χ1n) is 6.43. The number of piperidine rings is 1. The van der Waals surface area contributed by atoms with Crippen LogP contribution in [0.2, 0.25) is 0 Å². The van der Waals surface area contributed by atoms with Gasteiger partial charge in [0.25, 0.3) is 0 Å². The van der Waals surface area contributed by atoms with Crippen LogP contribution in [0.25, 0.3) is 6.08 Å². The highest BCUT2D eigenvalue weighted by Gasteiger charge is 2.12. The fraction of sp³-hybridized carbons (Fsp3) is 0.467. The maximum absolute atomic E-state index is 9.22. The molecule has 0 saturated carbocycles. The summed E-state index contributed by atoms with van der Waals surface area (Å²) in [7, 11) is 0. The predicted octanol–water partition coefficient (Wildman–Crippen LogP) is 3.33. The Bertz CT molecular complexity index is 374. The van der Waals surface area contributed by atoms with Crippen LogP contribution in [0.15, 0.2) is 29.8 Å². The predicted molar refractivity (Wildman–Crippen MR) is 72.0 cm³/mol. The summed E-state index contributed by atoms with van der Waals surface area (Å²) in [6.07, 6.45) is 7.29. The minimum atomic E-state index is 0.328. The van der Waals surface area contributed by atoms with Crippen molar-refractivity contribution in [3.8, 4) is 5.75 Å². The maximum atomic E-state index is 9.22. The molecule has 17 heavy (non-hydrogen) atoms. The summed E-state index contributed by atoms with van der Waals surface area (Å²) in [5.74, 6) is 0.328. The van der Waals surface area contributed by atoms with E-state index in [-0.39, 0.29) is 0 Å². The molecule has 0 radical (unpaired) electrons. The summed E-state index contributed by atoms with van der Waals surface area (Å²) in [6, 6.07) is 8.02. The van der Waals surface area contributed by atoms with E-state index in [0.29, 0.717) is 11.8 Å². The van der Waals surface area contributed by atoms with Gasteiger partial charge in [0.15, 0.2) is 0 Å². The lowest BCUT2D eigenvalue weighted by Gasteiger charge is -2.23. The minimum Gasteiger partial charge on any atom is -0.508 e. The molecule has 2 nitrogen and oxygen atoms in total. The average Bonchev–Trinajstić information content (AvgIpc) is 2.33. The fourth-order valence-electron chi connectivity index (χ4n) is 2.40. The van der Waals surface area contributed by atoms with E-state index < -0.39 is 0 Å². The molecular formula is C15H21NO. The van der Waals surface area contributed by atoms with Gasteiger partial charge in [-0.15, -0.1) is 0 Å². The van der Waals surface area contributed by atoms with E-state index in [2.05, 4.69) is 18.3 Å². The van der Waals surface area contributed by atoms with Gasteiger partial charge >= 0.3 is 0 Å². The van der Waals surface area contributed by atoms with E-state index in [1.54, 1.807) is 12.1 Å². The zero-order chi connectivity index (χ0) is 12.1. The first-order valence-corrected chi connectivity index (χ1v) is 6.43. The standard InChI is InChI=1S/C15H21NO/c1-12(11-14-4-2-3-9-16-14)10-13-5-7-15(17)8-6-13/h5-8,10,14,16-17H,2-4,9,11H2,1H3/b12-10-. The quantitative estimate of drug-likeness (QED) is 0.836. The van der Waals surface area contributed by atoms with Crippen LogP contribution in [0.5, 0.6) is 5.75 Å². The second-order valence-corrected chi connectivity index (χ2v) is 4.93. The van der Waals surface area contributed by atoms with Crippen LogP contribution >= 0.6 is 0 Å². The molecule has 0 spiro atoms. The van der Waals surface area contributed by atoms with Gasteiger partial charge in [0, 0.05) is 6.04 Å². The van der Waals surface area contributed by atoms with E-state index >= 15 is 0 Å². The van der Waals surface area contributed by atoms with Gasteiger partial charge in [0.05, 0.1) is 0 Å². The first kappa shape index (κ1) is 12.2. The Morgan fingerprint density at radius 1 is 1.35 bits per heavy atom. The number of benzene rings is 1. The molecule has 1 fully saturated rings. The Morgan fingerprint density at radius 3 is 2.76 bits per heavy atom. The first-order chi connectivity index (χ1) is 8.24. The smallest absolute Gasteiger partial charge is 0.115 e. The molecule has 0 aromatic heterocycles. The molecule has 1 unspecified atom stereocenters. The molecular weight excluding hydrogens is 210 g/mol. The van der Waals surface area contributed by atoms with Gasteiger partial charge in [-0.1, -0.05) is 30.2 Å². The maximum Gasteiger partial charge on any atom is 0.115 e. The van der Waals surface area contributed by atoms with Crippen molar-refractivity contribution >= 4 is 6.08 Å². The van der Waals surface area contributed by atoms with E-state index in [0.717, 1.165) is 18.5 Å². The molecule has 2 N–H and O–H groups in total. The monoisotopic (exact) mass is 231 g/mol. The summed E-state index contributed by atoms with van der Waals surface area (Å²) in [5, 5.41) is 12.8. The van der Waals surface area contributed by atoms with Gasteiger partial charge in [-0.3, -0.25) is 0 Å². The van der Waals surface area contributed by atoms with Crippen LogP contribution < -0.4 is 5.32 Å². The third kappa shape index (κ3) is 3.90. The molecule has 1 aromatic carbocycles. The van der Waals surface area contributed by atoms with Crippen LogP contribution in [-0.2, 0) is 0 Å². The SMILES string of the molecule is C/C(=C/c1ccc(O)cc1)CC1CCCCN1. The lowest BCUT2D eigenvalue weighted by Crippen LogP contribution is -2.33. The second-order valence-electron chi connectivity index (χ2n) is 4.93. The van der Waals surface area contributed by atoms with E-state index in [4.69, 9.17) is 0 Å². The number of phenolic OH excluding ortho intramolecular Hbond substituents is 1. The number of rotatable bonds is 3. The molecule has 0 aliphatic carbocycles. The van der Waals surface area contributed by atoms with E-state index in [1.165, 1.54) is 24.8 Å². The Kier molecular flexibility index (Phi) is 4.21. The Labute approximate surface area is 103 Å². The largest absolute Gasteiger partial charge is 0.508 e. The lowest BCUT2D eigenvalue weighted by molar-refractivity contribution is 0.399. The van der Waals surface area contributed by atoms with Crippen molar-refractivity contribution in [2.24, 2.45) is 0 Å². The Hall–Kier alpha value is -1.28. The van der Waals surface area contributed by atoms with Crippen molar-refractivity contribution in [1.29, 1.82) is 0 Å². The highest BCUT2D eigenvalue weighted by Crippen LogP contribution is 2.18. The molecule has 0 bridgehead atoms. The average molecular weight is 231 g/mol. The van der Waals surface area contributed by atoms with Crippen LogP contribution in [0.1, 0.15) is 38.2 Å². The van der Waals surface area contributed by atoms with Gasteiger partial charge in [-0.05, 0) is 50.4 Å². The number of phenols is 1. The minimum absolute atomic E-state index is 0.328. The number of hydrogen-bond acceptors (Lipinski definition) is 2. The molecule has 2 rings (SSSR count). The highest BCUT2D eigenvalue weighted by molar-refractivity contribution is 5.53. The van der Waals surface area contributed by atoms with Crippen molar-refractivity contribution in [3.05, 3.63) is 35.4 Å². The number of aromatic hydroxyl groups is 1. The molecule has 1 aliphatic heterocycles. The lowest BCUT2D eigenvalue weighted by atomic mass is 9.97. The van der Waals surface area contributed by atoms with Gasteiger partial charge in [0.2, 0.25) is 0 Å². The normalized spacial score (nSPS) is 21.5. The van der Waals surface area contributed by atoms with E-state index in [1.807, 2.05) is 12.1 Å². The van der Waals surface area contributed by atoms with Crippen molar-refractivity contribution in [1.82, 2.24) is 5.32 Å². The molecule has 1 atom stereocenters. The summed E-state index contributed by atoms with van der Waals surface area (Å²) >= 11 is 0. The number of hydrogen-bond donors (Lipinski definition) is 2. The third-order valence-corrected chi connectivity index (χ3v) is 3.29. The summed E-state index contributed by atoms with van der Waals surface area (Å²) < 4.78 is 0. The third-order valence-electron chi connectivity index (χ3n) is 3.29. The molecule has 1 aliphatic rings. The summed E-state index contributed by atoms with van der Waals surface area (Å²) in [4.78, 5) is 0. The number of nitrogens with one attached hydrogen (secondary N) is 1. The van der Waals surface area contributed by atoms with Crippen LogP contribution in [-0.4, -0.2) is 17.7 Å². The van der Waals surface area contributed by atoms with Crippen LogP contribution in [0, 0.1) is 0 Å². The summed E-state index contributed by atoms with van der Waals surface area (Å²) in [5.41, 5.74) is 2.56. The fourth-order valence-corrected chi connectivity index (χ4v) is 2.40. The zero-order valence-electron chi connectivity index (χ0n) is 10.4. The van der Waals surface area contributed by atoms with Crippen LogP contribution in [0.3, 0.4) is 0 Å².